The van der Waals surface area contributed by atoms with E-state index in [1.54, 1.807) is 25.4 Å². The maximum Gasteiger partial charge on any atom is 0.243 e. The monoisotopic (exact) mass is 497 g/mol. The van der Waals surface area contributed by atoms with Gasteiger partial charge in [0, 0.05) is 31.5 Å². The fourth-order valence-corrected chi connectivity index (χ4v) is 6.90. The minimum Gasteiger partial charge on any atom is -0.369 e. The quantitative estimate of drug-likeness (QED) is 0.575. The number of aromatic nitrogens is 2. The first-order chi connectivity index (χ1) is 16.7. The third-order valence-electron chi connectivity index (χ3n) is 7.61. The molecule has 2 aromatic rings. The highest BCUT2D eigenvalue weighted by atomic mass is 32.2. The molecule has 1 atom stereocenters. The molecule has 0 bridgehead atoms. The van der Waals surface area contributed by atoms with E-state index in [1.807, 2.05) is 16.8 Å². The van der Waals surface area contributed by atoms with Gasteiger partial charge in [-0.1, -0.05) is 0 Å². The lowest BCUT2D eigenvalue weighted by Crippen LogP contribution is -2.44. The van der Waals surface area contributed by atoms with Gasteiger partial charge < -0.3 is 20.6 Å². The Kier molecular flexibility index (Phi) is 5.88. The van der Waals surface area contributed by atoms with Gasteiger partial charge in [0.15, 0.2) is 12.0 Å². The molecule has 1 fully saturated rings. The van der Waals surface area contributed by atoms with E-state index in [-0.39, 0.29) is 0 Å². The predicted octanol–water partition coefficient (Wildman–Crippen LogP) is 2.44. The summed E-state index contributed by atoms with van der Waals surface area (Å²) in [6.45, 7) is 0.310. The van der Waals surface area contributed by atoms with Crippen LogP contribution >= 0.6 is 0 Å². The number of rotatable bonds is 5. The van der Waals surface area contributed by atoms with Crippen LogP contribution in [0.2, 0.25) is 0 Å². The summed E-state index contributed by atoms with van der Waals surface area (Å²) in [5.41, 5.74) is 2.34. The van der Waals surface area contributed by atoms with Gasteiger partial charge in [-0.2, -0.15) is 14.7 Å². The maximum atomic E-state index is 12.4. The molecular weight excluding hydrogens is 466 g/mol. The van der Waals surface area contributed by atoms with Crippen LogP contribution < -0.4 is 10.6 Å². The van der Waals surface area contributed by atoms with Crippen molar-refractivity contribution in [3.05, 3.63) is 41.2 Å². The zero-order chi connectivity index (χ0) is 25.0. The first-order valence-corrected chi connectivity index (χ1v) is 13.2. The Hall–Kier alpha value is -2.91. The number of nitriles is 1. The highest BCUT2D eigenvalue weighted by molar-refractivity contribution is 7.89. The molecule has 3 N–H and O–H groups in total. The molecule has 10 nitrogen and oxygen atoms in total. The summed E-state index contributed by atoms with van der Waals surface area (Å²) in [6.07, 6.45) is 6.53. The summed E-state index contributed by atoms with van der Waals surface area (Å²) < 4.78 is 28.1. The van der Waals surface area contributed by atoms with Gasteiger partial charge in [0.25, 0.3) is 0 Å². The largest absolute Gasteiger partial charge is 0.369 e. The van der Waals surface area contributed by atoms with Crippen molar-refractivity contribution in [3.8, 4) is 6.07 Å². The highest BCUT2D eigenvalue weighted by Crippen LogP contribution is 2.43. The van der Waals surface area contributed by atoms with Crippen molar-refractivity contribution in [2.45, 2.75) is 61.4 Å². The van der Waals surface area contributed by atoms with Gasteiger partial charge in [0.05, 0.1) is 34.2 Å². The van der Waals surface area contributed by atoms with E-state index >= 15 is 0 Å². The molecule has 0 amide bonds. The Labute approximate surface area is 205 Å². The Balaban J connectivity index is 1.54. The lowest BCUT2D eigenvalue weighted by Gasteiger charge is -2.41. The second kappa shape index (κ2) is 8.64. The van der Waals surface area contributed by atoms with Crippen LogP contribution in [-0.2, 0) is 22.1 Å². The van der Waals surface area contributed by atoms with Crippen molar-refractivity contribution in [1.82, 2.24) is 24.3 Å². The summed E-state index contributed by atoms with van der Waals surface area (Å²) in [6, 6.07) is 7.98. The van der Waals surface area contributed by atoms with E-state index in [1.165, 1.54) is 4.31 Å². The smallest absolute Gasteiger partial charge is 0.243 e. The third-order valence-corrected chi connectivity index (χ3v) is 9.51. The number of sulfonamides is 1. The lowest BCUT2D eigenvalue weighted by atomic mass is 9.77. The summed E-state index contributed by atoms with van der Waals surface area (Å²) in [4.78, 5) is 2.55. The van der Waals surface area contributed by atoms with Crippen LogP contribution in [0, 0.1) is 11.3 Å². The minimum absolute atomic E-state index is 0.310. The van der Waals surface area contributed by atoms with E-state index in [0.29, 0.717) is 46.5 Å². The van der Waals surface area contributed by atoms with Gasteiger partial charge in [-0.15, -0.1) is 0 Å². The number of anilines is 2. The van der Waals surface area contributed by atoms with E-state index in [2.05, 4.69) is 35.7 Å². The molecule has 0 saturated heterocycles. The Morgan fingerprint density at radius 2 is 2.09 bits per heavy atom. The molecule has 0 spiro atoms. The molecule has 0 radical (unpaired) electrons. The molecule has 11 heteroatoms. The summed E-state index contributed by atoms with van der Waals surface area (Å²) >= 11 is 0. The average Bonchev–Trinajstić information content (AvgIpc) is 3.29. The van der Waals surface area contributed by atoms with Gasteiger partial charge >= 0.3 is 0 Å². The van der Waals surface area contributed by atoms with Crippen LogP contribution in [-0.4, -0.2) is 59.7 Å². The number of hydrogen-bond acceptors (Lipinski definition) is 8. The number of nitrogens with one attached hydrogen (secondary N) is 2. The molecule has 2 aliphatic heterocycles. The third kappa shape index (κ3) is 3.90. The lowest BCUT2D eigenvalue weighted by molar-refractivity contribution is 0.113. The number of aliphatic hydroxyl groups excluding tert-OH is 1. The Bertz CT molecular complexity index is 1320. The average molecular weight is 498 g/mol. The van der Waals surface area contributed by atoms with Gasteiger partial charge in [0.1, 0.15) is 0 Å². The molecule has 1 aliphatic carbocycles. The fourth-order valence-electron chi connectivity index (χ4n) is 5.56. The molecule has 1 aromatic heterocycles. The van der Waals surface area contributed by atoms with Crippen LogP contribution in [0.25, 0.3) is 6.08 Å². The number of nitrogens with zero attached hydrogens (tertiary/aromatic N) is 5. The zero-order valence-corrected chi connectivity index (χ0v) is 21.0. The molecule has 1 aromatic carbocycles. The van der Waals surface area contributed by atoms with Crippen LogP contribution in [0.3, 0.4) is 0 Å². The second-order valence-electron chi connectivity index (χ2n) is 9.92. The fraction of sp³-hybridized carbons (Fsp3) is 0.500. The van der Waals surface area contributed by atoms with Gasteiger partial charge in [-0.3, -0.25) is 4.68 Å². The standard InChI is InChI=1S/C24H31N7O3S/c1-29(2)18-6-9-24(10-7-18,11-12-25)31-19-8-13-26-23(32)21(19)22(28-31)27-17-4-5-20-16(14-17)15-30(3)35(20,33)34/h4-5,8,13-14,18,23,26,32H,6-7,9-11,15H2,1-3H3,(H,27,28). The van der Waals surface area contributed by atoms with E-state index in [9.17, 15) is 18.8 Å². The van der Waals surface area contributed by atoms with Crippen LogP contribution in [0.15, 0.2) is 29.3 Å². The summed E-state index contributed by atoms with van der Waals surface area (Å²) in [5.74, 6) is 0.491. The number of hydrogen-bond donors (Lipinski definition) is 3. The van der Waals surface area contributed by atoms with Gasteiger partial charge in [-0.05, 0) is 69.6 Å². The van der Waals surface area contributed by atoms with Crippen molar-refractivity contribution in [3.63, 3.8) is 0 Å². The minimum atomic E-state index is -3.44. The highest BCUT2D eigenvalue weighted by Gasteiger charge is 2.41. The zero-order valence-electron chi connectivity index (χ0n) is 20.2. The molecular formula is C24H31N7O3S. The summed E-state index contributed by atoms with van der Waals surface area (Å²) in [7, 11) is 2.30. The van der Waals surface area contributed by atoms with E-state index in [0.717, 1.165) is 31.4 Å². The van der Waals surface area contributed by atoms with Crippen molar-refractivity contribution in [2.75, 3.05) is 26.5 Å². The normalized spacial score (nSPS) is 27.2. The first kappa shape index (κ1) is 23.8. The van der Waals surface area contributed by atoms with Crippen molar-refractivity contribution >= 4 is 27.6 Å². The number of fused-ring (bicyclic) bond motifs is 2. The van der Waals surface area contributed by atoms with Crippen LogP contribution in [0.5, 0.6) is 0 Å². The van der Waals surface area contributed by atoms with Gasteiger partial charge in [0.2, 0.25) is 10.0 Å². The van der Waals surface area contributed by atoms with Gasteiger partial charge in [-0.25, -0.2) is 8.42 Å². The van der Waals surface area contributed by atoms with Crippen LogP contribution in [0.1, 0.15) is 55.2 Å². The molecule has 35 heavy (non-hydrogen) atoms. The maximum absolute atomic E-state index is 12.4. The van der Waals surface area contributed by atoms with Crippen molar-refractivity contribution < 1.29 is 13.5 Å². The molecule has 3 aliphatic rings. The van der Waals surface area contributed by atoms with Crippen molar-refractivity contribution in [2.24, 2.45) is 0 Å². The molecule has 3 heterocycles. The Morgan fingerprint density at radius 1 is 1.34 bits per heavy atom. The predicted molar refractivity (Wildman–Crippen MR) is 132 cm³/mol. The first-order valence-electron chi connectivity index (χ1n) is 11.8. The molecule has 1 saturated carbocycles. The molecule has 5 rings (SSSR count). The second-order valence-corrected chi connectivity index (χ2v) is 11.9. The van der Waals surface area contributed by atoms with E-state index in [4.69, 9.17) is 5.10 Å². The molecule has 186 valence electrons. The molecule has 1 unspecified atom stereocenters. The Morgan fingerprint density at radius 3 is 2.77 bits per heavy atom. The number of aliphatic hydroxyl groups is 1. The number of benzene rings is 1. The summed E-state index contributed by atoms with van der Waals surface area (Å²) in [5, 5.41) is 31.7. The SMILES string of the molecule is CN(C)C1CCC(CC#N)(n2nc(Nc3ccc4c(c3)CN(C)S4(=O)=O)c3c2C=CNC3O)CC1. The van der Waals surface area contributed by atoms with Crippen molar-refractivity contribution in [1.29, 1.82) is 5.26 Å². The van der Waals surface area contributed by atoms with E-state index < -0.39 is 21.8 Å². The van der Waals surface area contributed by atoms with Crippen LogP contribution in [0.4, 0.5) is 11.5 Å². The topological polar surface area (TPSA) is 127 Å².